The molecule has 5 heteroatoms. The second-order valence-electron chi connectivity index (χ2n) is 5.59. The van der Waals surface area contributed by atoms with Crippen LogP contribution < -0.4 is 5.32 Å². The van der Waals surface area contributed by atoms with E-state index in [9.17, 15) is 4.79 Å². The lowest BCUT2D eigenvalue weighted by molar-refractivity contribution is 0.0730. The predicted octanol–water partition coefficient (Wildman–Crippen LogP) is 1.37. The summed E-state index contributed by atoms with van der Waals surface area (Å²) < 4.78 is 1.82. The number of likely N-dealkylation sites (tertiary alicyclic amines) is 1. The summed E-state index contributed by atoms with van der Waals surface area (Å²) in [6.45, 7) is 5.93. The van der Waals surface area contributed by atoms with Crippen molar-refractivity contribution in [2.75, 3.05) is 20.1 Å². The highest BCUT2D eigenvalue weighted by molar-refractivity contribution is 5.92. The number of hydrogen-bond acceptors (Lipinski definition) is 3. The highest BCUT2D eigenvalue weighted by atomic mass is 16.2. The van der Waals surface area contributed by atoms with Gasteiger partial charge in [-0.25, -0.2) is 0 Å². The molecular formula is C14H24N4O. The average molecular weight is 264 g/mol. The molecule has 0 aliphatic carbocycles. The fourth-order valence-corrected chi connectivity index (χ4v) is 2.82. The van der Waals surface area contributed by atoms with Crippen LogP contribution in [0.1, 0.15) is 48.8 Å². The molecule has 1 aromatic heterocycles. The van der Waals surface area contributed by atoms with E-state index in [2.05, 4.69) is 24.3 Å². The maximum atomic E-state index is 12.5. The van der Waals surface area contributed by atoms with E-state index in [1.54, 1.807) is 0 Å². The van der Waals surface area contributed by atoms with Gasteiger partial charge in [-0.2, -0.15) is 5.10 Å². The molecule has 1 fully saturated rings. The Morgan fingerprint density at radius 2 is 2.32 bits per heavy atom. The highest BCUT2D eigenvalue weighted by Gasteiger charge is 2.30. The summed E-state index contributed by atoms with van der Waals surface area (Å²) in [4.78, 5) is 14.5. The topological polar surface area (TPSA) is 50.2 Å². The molecule has 1 atom stereocenters. The molecule has 1 aliphatic heterocycles. The number of carbonyl (C=O) groups is 1. The van der Waals surface area contributed by atoms with E-state index in [0.29, 0.717) is 17.7 Å². The fraction of sp³-hybridized carbons (Fsp3) is 0.714. The summed E-state index contributed by atoms with van der Waals surface area (Å²) in [5, 5.41) is 7.54. The van der Waals surface area contributed by atoms with Crippen LogP contribution in [0.3, 0.4) is 0 Å². The van der Waals surface area contributed by atoms with Crippen molar-refractivity contribution in [1.29, 1.82) is 0 Å². The molecule has 2 rings (SSSR count). The van der Waals surface area contributed by atoms with E-state index in [4.69, 9.17) is 0 Å². The quantitative estimate of drug-likeness (QED) is 0.893. The van der Waals surface area contributed by atoms with Gasteiger partial charge in [-0.05, 0) is 31.9 Å². The van der Waals surface area contributed by atoms with E-state index in [1.165, 1.54) is 0 Å². The Hall–Kier alpha value is -1.36. The van der Waals surface area contributed by atoms with E-state index in [1.807, 2.05) is 29.7 Å². The minimum Gasteiger partial charge on any atom is -0.333 e. The number of nitrogens with zero attached hydrogens (tertiary/aromatic N) is 3. The molecule has 1 aromatic rings. The predicted molar refractivity (Wildman–Crippen MR) is 75.3 cm³/mol. The SMILES string of the molecule is CNCC1CCCN1C(=O)c1cc(C(C)C)n(C)n1. The van der Waals surface area contributed by atoms with Crippen molar-refractivity contribution >= 4 is 5.91 Å². The highest BCUT2D eigenvalue weighted by Crippen LogP contribution is 2.21. The minimum absolute atomic E-state index is 0.0697. The summed E-state index contributed by atoms with van der Waals surface area (Å²) >= 11 is 0. The molecule has 0 spiro atoms. The summed E-state index contributed by atoms with van der Waals surface area (Å²) in [6, 6.07) is 2.24. The smallest absolute Gasteiger partial charge is 0.274 e. The summed E-state index contributed by atoms with van der Waals surface area (Å²) in [5.41, 5.74) is 1.68. The zero-order valence-corrected chi connectivity index (χ0v) is 12.3. The monoisotopic (exact) mass is 264 g/mol. The van der Waals surface area contributed by atoms with E-state index in [-0.39, 0.29) is 5.91 Å². The number of rotatable bonds is 4. The molecule has 1 saturated heterocycles. The van der Waals surface area contributed by atoms with Gasteiger partial charge < -0.3 is 10.2 Å². The maximum Gasteiger partial charge on any atom is 0.274 e. The standard InChI is InChI=1S/C14H24N4O/c1-10(2)13-8-12(16-17(13)4)14(19)18-7-5-6-11(18)9-15-3/h8,10-11,15H,5-7,9H2,1-4H3. The van der Waals surface area contributed by atoms with Crippen molar-refractivity contribution in [1.82, 2.24) is 20.0 Å². The molecular weight excluding hydrogens is 240 g/mol. The third kappa shape index (κ3) is 2.81. The number of aryl methyl sites for hydroxylation is 1. The van der Waals surface area contributed by atoms with Gasteiger partial charge in [-0.15, -0.1) is 0 Å². The second kappa shape index (κ2) is 5.74. The summed E-state index contributed by atoms with van der Waals surface area (Å²) in [5.74, 6) is 0.450. The summed E-state index contributed by atoms with van der Waals surface area (Å²) in [7, 11) is 3.83. The van der Waals surface area contributed by atoms with E-state index in [0.717, 1.165) is 31.6 Å². The molecule has 0 radical (unpaired) electrons. The van der Waals surface area contributed by atoms with Crippen LogP contribution in [0.2, 0.25) is 0 Å². The first-order valence-corrected chi connectivity index (χ1v) is 7.04. The molecule has 0 bridgehead atoms. The first-order valence-electron chi connectivity index (χ1n) is 7.04. The second-order valence-corrected chi connectivity index (χ2v) is 5.59. The van der Waals surface area contributed by atoms with Gasteiger partial charge in [0.25, 0.3) is 5.91 Å². The molecule has 1 aliphatic rings. The van der Waals surface area contributed by atoms with Crippen LogP contribution in [0.4, 0.5) is 0 Å². The number of carbonyl (C=O) groups excluding carboxylic acids is 1. The molecule has 0 aromatic carbocycles. The Morgan fingerprint density at radius 3 is 2.89 bits per heavy atom. The van der Waals surface area contributed by atoms with Gasteiger partial charge in [0.2, 0.25) is 0 Å². The lowest BCUT2D eigenvalue weighted by Crippen LogP contribution is -2.41. The van der Waals surface area contributed by atoms with Crippen molar-refractivity contribution in [3.8, 4) is 0 Å². The number of amides is 1. The Morgan fingerprint density at radius 1 is 1.58 bits per heavy atom. The lowest BCUT2D eigenvalue weighted by atomic mass is 10.1. The molecule has 5 nitrogen and oxygen atoms in total. The van der Waals surface area contributed by atoms with Crippen LogP contribution in [-0.2, 0) is 7.05 Å². The fourth-order valence-electron chi connectivity index (χ4n) is 2.82. The first-order chi connectivity index (χ1) is 9.04. The number of likely N-dealkylation sites (N-methyl/N-ethyl adjacent to an activating group) is 1. The van der Waals surface area contributed by atoms with Gasteiger partial charge in [0.15, 0.2) is 5.69 Å². The van der Waals surface area contributed by atoms with E-state index < -0.39 is 0 Å². The Bertz CT molecular complexity index is 452. The van der Waals surface area contributed by atoms with Crippen LogP contribution in [0.5, 0.6) is 0 Å². The van der Waals surface area contributed by atoms with Crippen LogP contribution in [0.25, 0.3) is 0 Å². The number of nitrogens with one attached hydrogen (secondary N) is 1. The lowest BCUT2D eigenvalue weighted by Gasteiger charge is -2.23. The Balaban J connectivity index is 2.17. The molecule has 19 heavy (non-hydrogen) atoms. The Labute approximate surface area is 115 Å². The van der Waals surface area contributed by atoms with E-state index >= 15 is 0 Å². The van der Waals surface area contributed by atoms with Crippen molar-refractivity contribution in [3.63, 3.8) is 0 Å². The molecule has 0 saturated carbocycles. The summed E-state index contributed by atoms with van der Waals surface area (Å²) in [6.07, 6.45) is 2.17. The molecule has 2 heterocycles. The molecule has 106 valence electrons. The number of aromatic nitrogens is 2. The largest absolute Gasteiger partial charge is 0.333 e. The minimum atomic E-state index is 0.0697. The van der Waals surface area contributed by atoms with Crippen molar-refractivity contribution < 1.29 is 4.79 Å². The number of hydrogen-bond donors (Lipinski definition) is 1. The normalized spacial score (nSPS) is 19.4. The van der Waals surface area contributed by atoms with Crippen molar-refractivity contribution in [2.45, 2.75) is 38.6 Å². The van der Waals surface area contributed by atoms with Gasteiger partial charge in [0, 0.05) is 31.9 Å². The van der Waals surface area contributed by atoms with Crippen LogP contribution in [0, 0.1) is 0 Å². The van der Waals surface area contributed by atoms with Gasteiger partial charge in [0.1, 0.15) is 0 Å². The Kier molecular flexibility index (Phi) is 4.24. The van der Waals surface area contributed by atoms with Gasteiger partial charge in [0.05, 0.1) is 0 Å². The molecule has 1 unspecified atom stereocenters. The molecule has 1 amide bonds. The van der Waals surface area contributed by atoms with Crippen molar-refractivity contribution in [3.05, 3.63) is 17.5 Å². The first kappa shape index (κ1) is 14.1. The van der Waals surface area contributed by atoms with Gasteiger partial charge >= 0.3 is 0 Å². The van der Waals surface area contributed by atoms with Crippen LogP contribution in [-0.4, -0.2) is 46.8 Å². The maximum absolute atomic E-state index is 12.5. The molecule has 1 N–H and O–H groups in total. The van der Waals surface area contributed by atoms with Gasteiger partial charge in [-0.3, -0.25) is 9.48 Å². The third-order valence-electron chi connectivity index (χ3n) is 3.80. The zero-order valence-electron chi connectivity index (χ0n) is 12.3. The zero-order chi connectivity index (χ0) is 14.0. The van der Waals surface area contributed by atoms with Crippen molar-refractivity contribution in [2.24, 2.45) is 7.05 Å². The third-order valence-corrected chi connectivity index (χ3v) is 3.80. The average Bonchev–Trinajstić information content (AvgIpc) is 2.95. The van der Waals surface area contributed by atoms with Gasteiger partial charge in [-0.1, -0.05) is 13.8 Å². The van der Waals surface area contributed by atoms with Crippen LogP contribution >= 0.6 is 0 Å². The van der Waals surface area contributed by atoms with Crippen LogP contribution in [0.15, 0.2) is 6.07 Å².